The first-order valence-electron chi connectivity index (χ1n) is 42.1. The molecule has 0 aliphatic heterocycles. The summed E-state index contributed by atoms with van der Waals surface area (Å²) in [6, 6.07) is 9.50. The number of nitrogens with two attached hydrogens (primary N) is 3. The topological polar surface area (TPSA) is 606 Å². The van der Waals surface area contributed by atoms with E-state index in [-0.39, 0.29) is 54.9 Å². The van der Waals surface area contributed by atoms with Gasteiger partial charge in [-0.15, -0.1) is 0 Å². The highest BCUT2D eigenvalue weighted by Crippen LogP contribution is 2.43. The van der Waals surface area contributed by atoms with Crippen molar-refractivity contribution in [2.24, 2.45) is 28.0 Å². The molecule has 43 heteroatoms. The number of aliphatic hydroxyl groups is 2. The van der Waals surface area contributed by atoms with E-state index in [0.717, 1.165) is 61.4 Å². The number of hydrogen-bond donors (Lipinski definition) is 18. The Morgan fingerprint density at radius 1 is 0.417 bits per heavy atom. The fourth-order valence-corrected chi connectivity index (χ4v) is 14.5. The van der Waals surface area contributed by atoms with E-state index >= 15 is 8.78 Å². The number of carboxylic acids is 3. The number of carbonyl (C=O) groups excluding carboxylic acids is 14. The molecule has 132 heavy (non-hydrogen) atoms. The average molecular weight is 1850 g/mol. The van der Waals surface area contributed by atoms with Crippen molar-refractivity contribution in [1.82, 2.24) is 72.1 Å². The number of primary amides is 2. The Kier molecular flexibility index (Phi) is 40.2. The summed E-state index contributed by atoms with van der Waals surface area (Å²) < 4.78 is 63.8. The van der Waals surface area contributed by atoms with Crippen LogP contribution in [0.4, 0.5) is 17.6 Å². The van der Waals surface area contributed by atoms with Crippen molar-refractivity contribution in [3.05, 3.63) is 167 Å². The molecule has 14 amide bonds. The van der Waals surface area contributed by atoms with Crippen LogP contribution in [0.3, 0.4) is 0 Å². The van der Waals surface area contributed by atoms with Crippen molar-refractivity contribution in [1.29, 1.82) is 0 Å². The van der Waals surface area contributed by atoms with Crippen LogP contribution in [0.2, 0.25) is 0 Å². The van der Waals surface area contributed by atoms with E-state index in [2.05, 4.69) is 53.2 Å². The van der Waals surface area contributed by atoms with Gasteiger partial charge in [0.15, 0.2) is 0 Å². The van der Waals surface area contributed by atoms with Crippen LogP contribution in [0.15, 0.2) is 122 Å². The van der Waals surface area contributed by atoms with Gasteiger partial charge in [0, 0.05) is 105 Å². The van der Waals surface area contributed by atoms with E-state index in [4.69, 9.17) is 22.3 Å². The number of benzene rings is 4. The van der Waals surface area contributed by atoms with Crippen molar-refractivity contribution in [3.8, 4) is 22.3 Å². The van der Waals surface area contributed by atoms with Gasteiger partial charge in [0.2, 0.25) is 82.7 Å². The summed E-state index contributed by atoms with van der Waals surface area (Å²) >= 11 is 0. The second-order valence-corrected chi connectivity index (χ2v) is 33.8. The van der Waals surface area contributed by atoms with Gasteiger partial charge in [-0.1, -0.05) is 102 Å². The monoisotopic (exact) mass is 1850 g/mol. The van der Waals surface area contributed by atoms with E-state index in [1.54, 1.807) is 72.5 Å². The molecule has 0 aliphatic carbocycles. The molecule has 716 valence electrons. The first-order valence-corrected chi connectivity index (χ1v) is 42.1. The molecule has 0 saturated heterocycles. The molecule has 0 saturated carbocycles. The number of aliphatic carboxylic acids is 3. The molecule has 0 aliphatic rings. The summed E-state index contributed by atoms with van der Waals surface area (Å²) in [7, 11) is 0. The maximum atomic E-state index is 15.6. The summed E-state index contributed by atoms with van der Waals surface area (Å²) in [5.74, 6) is -22.6. The highest BCUT2D eigenvalue weighted by atomic mass is 19.1. The van der Waals surface area contributed by atoms with Crippen LogP contribution in [0, 0.1) is 34.1 Å². The number of aliphatic hydroxyl groups excluding tert-OH is 2. The third-order valence-corrected chi connectivity index (χ3v) is 20.9. The van der Waals surface area contributed by atoms with Crippen LogP contribution in [0.5, 0.6) is 0 Å². The zero-order valence-corrected chi connectivity index (χ0v) is 74.3. The Morgan fingerprint density at radius 2 is 0.818 bits per heavy atom. The lowest BCUT2D eigenvalue weighted by molar-refractivity contribution is -0.143. The SMILES string of the molecule is C[C@H](NC(=O)CC[C@H](N)C(=O)N[C@@H](C)C(=O)N[C@@H](CC(=O)O)C(=O)N[C@@H](CC(N)=O)C(=O)NCCCN(C(=O)CO)[C@@H](c1cc(-c2cc(F)ccc2F)cn1Cc1ccccc1)C(C)(C)C)C(=O)N[C@@H](C)C(=O)N[C@@H](CC(N)=O)C(=O)N[C@@H](CCN(C(=O)CO)[C@@H](c1cc(-c2cc(F)ccc2F)cn1Cc1ccccc1)C(C)(C)C)C(=O)NCCC(=O)N[C@H](CCC(=O)O)C(=O)O. The van der Waals surface area contributed by atoms with Crippen LogP contribution in [-0.2, 0) is 94.6 Å². The molecule has 0 bridgehead atoms. The summed E-state index contributed by atoms with van der Waals surface area (Å²) in [6.45, 7) is 10.7. The first-order chi connectivity index (χ1) is 62.0. The Bertz CT molecular complexity index is 5140. The second-order valence-electron chi connectivity index (χ2n) is 33.8. The number of amides is 14. The molecule has 2 heterocycles. The standard InChI is InChI=1S/C89H115F4N17O22/c1-48(99-71(115)27-25-61(94)82(126)101-50(3)81(125)105-66(41-76(121)122)86(130)106-64(39-69(95)113)84(128)97-31-16-33-109(73(117)46-111)77(88(4,5)6)67-35-53(57-37-55(90)21-23-59(57)92)44-107(67)42-51-17-12-10-13-18-51)79(123)100-49(2)80(124)104-65(40-70(96)114)85(129)103-62(83(127)98-32-29-72(116)102-63(87(131)132)26-28-75(119)120)30-34-110(74(118)47-112)78(89(7,8)9)68-36-54(58-38-56(91)22-24-60(58)93)45-108(68)43-52-19-14-11-15-20-52/h10-15,17-24,35-38,44-45,48-50,61-66,77-78,111-112H,16,25-34,39-43,46-47,94H2,1-9H3,(H2,95,113)(H2,96,114)(H,97,128)(H,98,127)(H,99,115)(H,100,123)(H,101,126)(H,102,116)(H,103,129)(H,104,124)(H,105,125)(H,106,130)(H,119,120)(H,121,122)(H,131,132)/t48-,49-,50-,61-,62-,63+,64-,65-,66-,77-,78-/m0/s1. The van der Waals surface area contributed by atoms with Crippen molar-refractivity contribution < 1.29 is 125 Å². The third-order valence-electron chi connectivity index (χ3n) is 20.9. The average Bonchev–Trinajstić information content (AvgIpc) is 1.61. The molecule has 6 aromatic rings. The van der Waals surface area contributed by atoms with Gasteiger partial charge in [0.05, 0.1) is 37.4 Å². The van der Waals surface area contributed by atoms with Crippen LogP contribution >= 0.6 is 0 Å². The van der Waals surface area contributed by atoms with E-state index in [1.165, 1.54) is 29.0 Å². The first kappa shape index (κ1) is 107. The van der Waals surface area contributed by atoms with Crippen LogP contribution in [0.25, 0.3) is 22.3 Å². The predicted molar refractivity (Wildman–Crippen MR) is 467 cm³/mol. The quantitative estimate of drug-likeness (QED) is 0.0190. The van der Waals surface area contributed by atoms with E-state index in [1.807, 2.05) is 51.1 Å². The predicted octanol–water partition coefficient (Wildman–Crippen LogP) is 1.42. The number of halogens is 4. The summed E-state index contributed by atoms with van der Waals surface area (Å²) in [5.41, 5.74) is 17.9. The Labute approximate surface area is 757 Å². The Balaban J connectivity index is 1.08. The lowest BCUT2D eigenvalue weighted by Crippen LogP contribution is -2.58. The number of nitrogens with zero attached hydrogens (tertiary/aromatic N) is 4. The molecular formula is C89H115F4N17O22. The minimum atomic E-state index is -1.99. The van der Waals surface area contributed by atoms with Crippen LogP contribution in [0.1, 0.15) is 161 Å². The maximum Gasteiger partial charge on any atom is 0.326 e. The maximum absolute atomic E-state index is 15.6. The van der Waals surface area contributed by atoms with Gasteiger partial charge in [0.1, 0.15) is 84.8 Å². The summed E-state index contributed by atoms with van der Waals surface area (Å²) in [6.07, 6.45) is -3.23. The van der Waals surface area contributed by atoms with Crippen molar-refractivity contribution in [2.45, 2.75) is 206 Å². The minimum absolute atomic E-state index is 0.0388. The smallest absolute Gasteiger partial charge is 0.326 e. The van der Waals surface area contributed by atoms with Crippen molar-refractivity contribution >= 4 is 101 Å². The number of hydrogen-bond acceptors (Lipinski definition) is 20. The lowest BCUT2D eigenvalue weighted by Gasteiger charge is -2.41. The van der Waals surface area contributed by atoms with Crippen molar-refractivity contribution in [3.63, 3.8) is 0 Å². The van der Waals surface area contributed by atoms with Gasteiger partial charge in [-0.25, -0.2) is 22.4 Å². The van der Waals surface area contributed by atoms with Crippen molar-refractivity contribution in [2.75, 3.05) is 39.4 Å². The lowest BCUT2D eigenvalue weighted by atomic mass is 9.82. The molecular weight excluding hydrogens is 1740 g/mol. The molecule has 0 spiro atoms. The molecule has 2 aromatic heterocycles. The molecule has 4 aromatic carbocycles. The number of carboxylic acid groups (broad SMARTS) is 3. The molecule has 6 rings (SSSR count). The van der Waals surface area contributed by atoms with E-state index in [0.29, 0.717) is 11.4 Å². The van der Waals surface area contributed by atoms with Gasteiger partial charge in [-0.3, -0.25) is 76.7 Å². The van der Waals surface area contributed by atoms with Crippen LogP contribution in [-0.4, -0.2) is 239 Å². The normalized spacial score (nSPS) is 13.9. The van der Waals surface area contributed by atoms with E-state index in [9.17, 15) is 111 Å². The molecule has 0 radical (unpaired) electrons. The second kappa shape index (κ2) is 49.7. The molecule has 21 N–H and O–H groups in total. The Hall–Kier alpha value is -14.0. The van der Waals surface area contributed by atoms with Gasteiger partial charge < -0.3 is 115 Å². The molecule has 0 unspecified atom stereocenters. The van der Waals surface area contributed by atoms with Gasteiger partial charge in [0.25, 0.3) is 0 Å². The van der Waals surface area contributed by atoms with Gasteiger partial charge in [-0.2, -0.15) is 0 Å². The summed E-state index contributed by atoms with van der Waals surface area (Å²) in [5, 5.41) is 72.6. The van der Waals surface area contributed by atoms with Crippen LogP contribution < -0.4 is 70.4 Å². The number of rotatable bonds is 51. The fraction of sp³-hybridized carbons (Fsp3) is 0.449. The summed E-state index contributed by atoms with van der Waals surface area (Å²) in [4.78, 5) is 228. The Morgan fingerprint density at radius 3 is 1.26 bits per heavy atom. The van der Waals surface area contributed by atoms with E-state index < -0.39 is 285 Å². The molecule has 0 fully saturated rings. The van der Waals surface area contributed by atoms with Gasteiger partial charge in [-0.05, 0) is 117 Å². The number of aromatic nitrogens is 2. The minimum Gasteiger partial charge on any atom is -0.481 e. The number of carbonyl (C=O) groups is 17. The molecule has 11 atom stereocenters. The fourth-order valence-electron chi connectivity index (χ4n) is 14.5. The zero-order chi connectivity index (χ0) is 98.3. The molecule has 39 nitrogen and oxygen atoms in total. The number of nitrogens with one attached hydrogen (secondary N) is 10. The highest BCUT2D eigenvalue weighted by Gasteiger charge is 2.42. The highest BCUT2D eigenvalue weighted by molar-refractivity contribution is 5.99. The third kappa shape index (κ3) is 32.9. The van der Waals surface area contributed by atoms with Gasteiger partial charge >= 0.3 is 17.9 Å². The zero-order valence-electron chi connectivity index (χ0n) is 74.3. The largest absolute Gasteiger partial charge is 0.481 e.